The highest BCUT2D eigenvalue weighted by molar-refractivity contribution is 5.79. The number of rotatable bonds is 7. The summed E-state index contributed by atoms with van der Waals surface area (Å²) in [4.78, 5) is 6.60. The maximum Gasteiger partial charge on any atom is 0.140 e. The number of oxime groups is 1. The molecule has 102 valence electrons. The summed E-state index contributed by atoms with van der Waals surface area (Å²) in [5.74, 6) is 1.35. The van der Waals surface area contributed by atoms with Gasteiger partial charge < -0.3 is 20.4 Å². The molecule has 1 heterocycles. The number of hydrogen-bond acceptors (Lipinski definition) is 4. The average Bonchev–Trinajstić information content (AvgIpc) is 2.74. The van der Waals surface area contributed by atoms with Crippen molar-refractivity contribution in [3.8, 4) is 0 Å². The lowest BCUT2D eigenvalue weighted by Gasteiger charge is -2.26. The van der Waals surface area contributed by atoms with Crippen molar-refractivity contribution in [2.24, 2.45) is 17.9 Å². The molecule has 6 heteroatoms. The fraction of sp³-hybridized carbons (Fsp3) is 0.667. The van der Waals surface area contributed by atoms with E-state index in [2.05, 4.69) is 28.9 Å². The van der Waals surface area contributed by atoms with E-state index in [1.54, 1.807) is 0 Å². The van der Waals surface area contributed by atoms with Gasteiger partial charge in [0.2, 0.25) is 0 Å². The SMILES string of the molecule is CC(C)N(CC/C(N)=N/O)CCc1nccn1C. The lowest BCUT2D eigenvalue weighted by atomic mass is 10.2. The summed E-state index contributed by atoms with van der Waals surface area (Å²) >= 11 is 0. The molecule has 0 saturated heterocycles. The third kappa shape index (κ3) is 4.37. The second kappa shape index (κ2) is 7.00. The monoisotopic (exact) mass is 253 g/mol. The Morgan fingerprint density at radius 3 is 2.78 bits per heavy atom. The van der Waals surface area contributed by atoms with Crippen LogP contribution in [0.3, 0.4) is 0 Å². The van der Waals surface area contributed by atoms with Gasteiger partial charge in [-0.15, -0.1) is 0 Å². The molecule has 0 atom stereocenters. The summed E-state index contributed by atoms with van der Waals surface area (Å²) in [5.41, 5.74) is 5.49. The van der Waals surface area contributed by atoms with Gasteiger partial charge in [0.25, 0.3) is 0 Å². The highest BCUT2D eigenvalue weighted by Gasteiger charge is 2.11. The molecule has 18 heavy (non-hydrogen) atoms. The first-order valence-electron chi connectivity index (χ1n) is 6.21. The highest BCUT2D eigenvalue weighted by atomic mass is 16.4. The zero-order chi connectivity index (χ0) is 13.5. The van der Waals surface area contributed by atoms with Crippen LogP contribution in [0.2, 0.25) is 0 Å². The maximum atomic E-state index is 8.53. The van der Waals surface area contributed by atoms with Crippen molar-refractivity contribution in [3.05, 3.63) is 18.2 Å². The predicted molar refractivity (Wildman–Crippen MR) is 71.6 cm³/mol. The molecule has 1 aromatic heterocycles. The van der Waals surface area contributed by atoms with Crippen molar-refractivity contribution in [2.75, 3.05) is 13.1 Å². The van der Waals surface area contributed by atoms with E-state index in [9.17, 15) is 0 Å². The zero-order valence-corrected chi connectivity index (χ0v) is 11.4. The lowest BCUT2D eigenvalue weighted by molar-refractivity contribution is 0.227. The van der Waals surface area contributed by atoms with Crippen LogP contribution in [0.15, 0.2) is 17.5 Å². The maximum absolute atomic E-state index is 8.53. The van der Waals surface area contributed by atoms with Gasteiger partial charge in [0.1, 0.15) is 11.7 Å². The predicted octanol–water partition coefficient (Wildman–Crippen LogP) is 0.809. The van der Waals surface area contributed by atoms with E-state index in [0.717, 1.165) is 25.3 Å². The molecule has 0 fully saturated rings. The van der Waals surface area contributed by atoms with Gasteiger partial charge in [-0.05, 0) is 13.8 Å². The zero-order valence-electron chi connectivity index (χ0n) is 11.4. The van der Waals surface area contributed by atoms with Crippen molar-refractivity contribution in [1.82, 2.24) is 14.5 Å². The second-order valence-electron chi connectivity index (χ2n) is 4.68. The number of hydrogen-bond donors (Lipinski definition) is 2. The van der Waals surface area contributed by atoms with E-state index in [1.165, 1.54) is 0 Å². The lowest BCUT2D eigenvalue weighted by Crippen LogP contribution is -2.36. The molecule has 0 bridgehead atoms. The number of nitrogens with two attached hydrogens (primary N) is 1. The summed E-state index contributed by atoms with van der Waals surface area (Å²) in [6, 6.07) is 0.428. The Balaban J connectivity index is 2.46. The van der Waals surface area contributed by atoms with E-state index >= 15 is 0 Å². The molecule has 0 amide bonds. The molecule has 3 N–H and O–H groups in total. The smallest absolute Gasteiger partial charge is 0.140 e. The van der Waals surface area contributed by atoms with Crippen molar-refractivity contribution in [3.63, 3.8) is 0 Å². The summed E-state index contributed by atoms with van der Waals surface area (Å²) < 4.78 is 2.03. The van der Waals surface area contributed by atoms with Crippen LogP contribution in [0, 0.1) is 0 Å². The van der Waals surface area contributed by atoms with Crippen LogP contribution in [0.25, 0.3) is 0 Å². The van der Waals surface area contributed by atoms with Crippen LogP contribution < -0.4 is 5.73 Å². The van der Waals surface area contributed by atoms with E-state index in [4.69, 9.17) is 10.9 Å². The minimum absolute atomic E-state index is 0.276. The van der Waals surface area contributed by atoms with E-state index in [1.807, 2.05) is 24.0 Å². The van der Waals surface area contributed by atoms with Crippen molar-refractivity contribution in [2.45, 2.75) is 32.7 Å². The molecule has 0 radical (unpaired) electrons. The van der Waals surface area contributed by atoms with Crippen LogP contribution in [0.5, 0.6) is 0 Å². The molecule has 0 aliphatic heterocycles. The molecular formula is C12H23N5O. The van der Waals surface area contributed by atoms with Gasteiger partial charge >= 0.3 is 0 Å². The molecule has 0 saturated carbocycles. The Labute approximate surface area is 108 Å². The quantitative estimate of drug-likeness (QED) is 0.326. The topological polar surface area (TPSA) is 79.7 Å². The van der Waals surface area contributed by atoms with Crippen LogP contribution in [0.1, 0.15) is 26.1 Å². The van der Waals surface area contributed by atoms with Crippen LogP contribution in [0.4, 0.5) is 0 Å². The minimum atomic E-state index is 0.276. The third-order valence-corrected chi connectivity index (χ3v) is 3.06. The fourth-order valence-electron chi connectivity index (χ4n) is 1.82. The molecule has 0 aromatic carbocycles. The van der Waals surface area contributed by atoms with E-state index in [-0.39, 0.29) is 5.84 Å². The summed E-state index contributed by atoms with van der Waals surface area (Å²) in [7, 11) is 2.00. The van der Waals surface area contributed by atoms with Crippen molar-refractivity contribution < 1.29 is 5.21 Å². The van der Waals surface area contributed by atoms with Crippen LogP contribution in [-0.2, 0) is 13.5 Å². The van der Waals surface area contributed by atoms with E-state index < -0.39 is 0 Å². The standard InChI is InChI=1S/C12H23N5O/c1-10(2)17(7-4-11(13)15-18)8-5-12-14-6-9-16(12)3/h6,9-10,18H,4-5,7-8H2,1-3H3,(H2,13,15). The Morgan fingerprint density at radius 2 is 2.28 bits per heavy atom. The molecule has 1 aromatic rings. The molecule has 0 aliphatic rings. The Hall–Kier alpha value is -1.56. The molecule has 1 rings (SSSR count). The molecule has 0 spiro atoms. The Bertz CT molecular complexity index is 386. The Kier molecular flexibility index (Phi) is 5.64. The second-order valence-corrected chi connectivity index (χ2v) is 4.68. The molecule has 0 aliphatic carbocycles. The first-order valence-corrected chi connectivity index (χ1v) is 6.21. The van der Waals surface area contributed by atoms with Gasteiger partial charge in [0.05, 0.1) is 0 Å². The van der Waals surface area contributed by atoms with Gasteiger partial charge in [0.15, 0.2) is 0 Å². The number of aromatic nitrogens is 2. The fourth-order valence-corrected chi connectivity index (χ4v) is 1.82. The third-order valence-electron chi connectivity index (χ3n) is 3.06. The first kappa shape index (κ1) is 14.5. The molecular weight excluding hydrogens is 230 g/mol. The normalized spacial score (nSPS) is 12.6. The van der Waals surface area contributed by atoms with Gasteiger partial charge in [-0.3, -0.25) is 0 Å². The highest BCUT2D eigenvalue weighted by Crippen LogP contribution is 2.03. The van der Waals surface area contributed by atoms with Crippen molar-refractivity contribution >= 4 is 5.84 Å². The summed E-state index contributed by atoms with van der Waals surface area (Å²) in [5, 5.41) is 11.5. The average molecular weight is 253 g/mol. The van der Waals surface area contributed by atoms with Crippen LogP contribution >= 0.6 is 0 Å². The van der Waals surface area contributed by atoms with E-state index in [0.29, 0.717) is 12.5 Å². The number of amidine groups is 1. The van der Waals surface area contributed by atoms with Crippen molar-refractivity contribution in [1.29, 1.82) is 0 Å². The molecule has 0 unspecified atom stereocenters. The van der Waals surface area contributed by atoms with Gasteiger partial charge in [-0.25, -0.2) is 4.98 Å². The largest absolute Gasteiger partial charge is 0.409 e. The van der Waals surface area contributed by atoms with Crippen LogP contribution in [-0.4, -0.2) is 44.6 Å². The molecule has 6 nitrogen and oxygen atoms in total. The first-order chi connectivity index (χ1) is 8.54. The van der Waals surface area contributed by atoms with Gasteiger partial charge in [-0.2, -0.15) is 0 Å². The van der Waals surface area contributed by atoms with Gasteiger partial charge in [-0.1, -0.05) is 5.16 Å². The number of aryl methyl sites for hydroxylation is 1. The summed E-state index contributed by atoms with van der Waals surface area (Å²) in [6.45, 7) is 5.99. The van der Waals surface area contributed by atoms with Gasteiger partial charge in [0, 0.05) is 51.4 Å². The number of nitrogens with zero attached hydrogens (tertiary/aromatic N) is 4. The number of imidazole rings is 1. The minimum Gasteiger partial charge on any atom is -0.409 e. The Morgan fingerprint density at radius 1 is 1.56 bits per heavy atom. The summed E-state index contributed by atoms with van der Waals surface area (Å²) in [6.07, 6.45) is 5.24.